The highest BCUT2D eigenvalue weighted by molar-refractivity contribution is 5.69. The van der Waals surface area contributed by atoms with Gasteiger partial charge in [-0.05, 0) is 43.5 Å². The zero-order valence-corrected chi connectivity index (χ0v) is 16.6. The molecule has 1 aliphatic rings. The molecule has 2 aromatic rings. The van der Waals surface area contributed by atoms with Gasteiger partial charge in [-0.15, -0.1) is 0 Å². The Balaban J connectivity index is 1.67. The molecule has 1 amide bonds. The third-order valence-electron chi connectivity index (χ3n) is 4.46. The molecule has 150 valence electrons. The summed E-state index contributed by atoms with van der Waals surface area (Å²) in [5, 5.41) is 23.3. The smallest absolute Gasteiger partial charge is 0.410 e. The first-order valence-corrected chi connectivity index (χ1v) is 9.17. The van der Waals surface area contributed by atoms with Gasteiger partial charge in [-0.2, -0.15) is 5.26 Å². The van der Waals surface area contributed by atoms with E-state index in [1.807, 2.05) is 45.0 Å². The minimum atomic E-state index is -0.538. The zero-order valence-electron chi connectivity index (χ0n) is 16.6. The normalized spacial score (nSPS) is 12.8. The molecule has 1 heterocycles. The van der Waals surface area contributed by atoms with Gasteiger partial charge in [0, 0.05) is 31.8 Å². The van der Waals surface area contributed by atoms with Crippen LogP contribution < -0.4 is 5.32 Å². The van der Waals surface area contributed by atoms with Gasteiger partial charge in [0.1, 0.15) is 11.7 Å². The molecule has 1 aliphatic heterocycles. The fourth-order valence-electron chi connectivity index (χ4n) is 3.10. The summed E-state index contributed by atoms with van der Waals surface area (Å²) in [6.07, 6.45) is -0.335. The summed E-state index contributed by atoms with van der Waals surface area (Å²) in [7, 11) is 0. The molecule has 1 N–H and O–H groups in total. The van der Waals surface area contributed by atoms with Crippen molar-refractivity contribution in [2.75, 3.05) is 5.32 Å². The van der Waals surface area contributed by atoms with E-state index in [9.17, 15) is 20.2 Å². The molecule has 0 atom stereocenters. The summed E-state index contributed by atoms with van der Waals surface area (Å²) < 4.78 is 5.44. The second kappa shape index (κ2) is 7.80. The SMILES string of the molecule is CC(C)(C)OC(=O)N1Cc2ccc(CNc3ccc([N+](=O)[O-])cc3C#N)cc2C1. The van der Waals surface area contributed by atoms with Gasteiger partial charge in [-0.3, -0.25) is 15.0 Å². The maximum absolute atomic E-state index is 12.3. The number of benzene rings is 2. The average molecular weight is 394 g/mol. The number of nitriles is 1. The monoisotopic (exact) mass is 394 g/mol. The summed E-state index contributed by atoms with van der Waals surface area (Å²) >= 11 is 0. The van der Waals surface area contributed by atoms with Crippen molar-refractivity contribution in [3.05, 3.63) is 68.8 Å². The molecule has 0 aliphatic carbocycles. The van der Waals surface area contributed by atoms with Gasteiger partial charge in [0.25, 0.3) is 5.69 Å². The molecule has 0 unspecified atom stereocenters. The maximum atomic E-state index is 12.3. The summed E-state index contributed by atoms with van der Waals surface area (Å²) in [5.74, 6) is 0. The Labute approximate surface area is 168 Å². The fraction of sp³-hybridized carbons (Fsp3) is 0.333. The van der Waals surface area contributed by atoms with Crippen LogP contribution in [0.1, 0.15) is 43.0 Å². The van der Waals surface area contributed by atoms with Crippen LogP contribution in [-0.2, 0) is 24.4 Å². The Morgan fingerprint density at radius 1 is 1.24 bits per heavy atom. The number of nitrogens with zero attached hydrogens (tertiary/aromatic N) is 3. The number of fused-ring (bicyclic) bond motifs is 1. The van der Waals surface area contributed by atoms with Crippen molar-refractivity contribution in [3.8, 4) is 6.07 Å². The number of nitrogens with one attached hydrogen (secondary N) is 1. The number of hydrogen-bond donors (Lipinski definition) is 1. The van der Waals surface area contributed by atoms with Crippen LogP contribution in [-0.4, -0.2) is 21.5 Å². The van der Waals surface area contributed by atoms with Crippen LogP contribution in [0.4, 0.5) is 16.2 Å². The van der Waals surface area contributed by atoms with Gasteiger partial charge in [-0.25, -0.2) is 4.79 Å². The number of carbonyl (C=O) groups excluding carboxylic acids is 1. The molecule has 8 nitrogen and oxygen atoms in total. The van der Waals surface area contributed by atoms with Crippen LogP contribution in [0.5, 0.6) is 0 Å². The molecule has 0 fully saturated rings. The van der Waals surface area contributed by atoms with E-state index in [2.05, 4.69) is 5.32 Å². The van der Waals surface area contributed by atoms with E-state index in [-0.39, 0.29) is 17.3 Å². The van der Waals surface area contributed by atoms with Crippen molar-refractivity contribution in [2.45, 2.75) is 46.0 Å². The predicted octanol–water partition coefficient (Wildman–Crippen LogP) is 4.33. The molecule has 8 heteroatoms. The van der Waals surface area contributed by atoms with Crippen LogP contribution in [0.3, 0.4) is 0 Å². The highest BCUT2D eigenvalue weighted by Crippen LogP contribution is 2.27. The molecule has 2 aromatic carbocycles. The lowest BCUT2D eigenvalue weighted by molar-refractivity contribution is -0.384. The van der Waals surface area contributed by atoms with E-state index < -0.39 is 10.5 Å². The average Bonchev–Trinajstić information content (AvgIpc) is 3.08. The first-order valence-electron chi connectivity index (χ1n) is 9.17. The van der Waals surface area contributed by atoms with Gasteiger partial charge in [-0.1, -0.05) is 18.2 Å². The molecular weight excluding hydrogens is 372 g/mol. The molecule has 0 saturated heterocycles. The van der Waals surface area contributed by atoms with E-state index in [0.717, 1.165) is 16.7 Å². The molecule has 3 rings (SSSR count). The first kappa shape index (κ1) is 20.1. The van der Waals surface area contributed by atoms with Gasteiger partial charge in [0.2, 0.25) is 0 Å². The Kier molecular flexibility index (Phi) is 5.41. The number of ether oxygens (including phenoxy) is 1. The molecule has 0 saturated carbocycles. The van der Waals surface area contributed by atoms with Crippen LogP contribution >= 0.6 is 0 Å². The number of non-ortho nitro benzene ring substituents is 1. The minimum absolute atomic E-state index is 0.119. The molecular formula is C21H22N4O4. The zero-order chi connectivity index (χ0) is 21.2. The summed E-state index contributed by atoms with van der Waals surface area (Å²) in [5.41, 5.74) is 3.21. The van der Waals surface area contributed by atoms with Gasteiger partial charge >= 0.3 is 6.09 Å². The van der Waals surface area contributed by atoms with Crippen molar-refractivity contribution < 1.29 is 14.5 Å². The number of carbonyl (C=O) groups is 1. The number of rotatable bonds is 4. The van der Waals surface area contributed by atoms with Crippen LogP contribution in [0.25, 0.3) is 0 Å². The number of hydrogen-bond acceptors (Lipinski definition) is 6. The third kappa shape index (κ3) is 4.82. The van der Waals surface area contributed by atoms with Crippen LogP contribution in [0.15, 0.2) is 36.4 Å². The molecule has 0 radical (unpaired) electrons. The molecule has 0 bridgehead atoms. The lowest BCUT2D eigenvalue weighted by atomic mass is 10.1. The highest BCUT2D eigenvalue weighted by atomic mass is 16.6. The molecule has 0 aromatic heterocycles. The number of nitro benzene ring substituents is 1. The van der Waals surface area contributed by atoms with Crippen molar-refractivity contribution in [1.82, 2.24) is 4.90 Å². The molecule has 29 heavy (non-hydrogen) atoms. The lowest BCUT2D eigenvalue weighted by Gasteiger charge is -2.24. The van der Waals surface area contributed by atoms with E-state index in [1.54, 1.807) is 4.90 Å². The highest BCUT2D eigenvalue weighted by Gasteiger charge is 2.27. The van der Waals surface area contributed by atoms with E-state index >= 15 is 0 Å². The minimum Gasteiger partial charge on any atom is -0.444 e. The summed E-state index contributed by atoms with van der Waals surface area (Å²) in [6.45, 7) is 6.97. The largest absolute Gasteiger partial charge is 0.444 e. The van der Waals surface area contributed by atoms with Crippen molar-refractivity contribution in [3.63, 3.8) is 0 Å². The second-order valence-corrected chi connectivity index (χ2v) is 7.89. The second-order valence-electron chi connectivity index (χ2n) is 7.89. The third-order valence-corrected chi connectivity index (χ3v) is 4.46. The fourth-order valence-corrected chi connectivity index (χ4v) is 3.10. The lowest BCUT2D eigenvalue weighted by Crippen LogP contribution is -2.33. The van der Waals surface area contributed by atoms with Gasteiger partial charge in [0.15, 0.2) is 0 Å². The first-order chi connectivity index (χ1) is 13.7. The quantitative estimate of drug-likeness (QED) is 0.611. The Hall–Kier alpha value is -3.60. The Morgan fingerprint density at radius 3 is 2.62 bits per heavy atom. The Bertz CT molecular complexity index is 1000. The van der Waals surface area contributed by atoms with Crippen molar-refractivity contribution in [1.29, 1.82) is 5.26 Å². The van der Waals surface area contributed by atoms with Gasteiger partial charge < -0.3 is 10.1 Å². The number of amides is 1. The van der Waals surface area contributed by atoms with Gasteiger partial charge in [0.05, 0.1) is 16.2 Å². The van der Waals surface area contributed by atoms with E-state index in [0.29, 0.717) is 25.3 Å². The van der Waals surface area contributed by atoms with Crippen molar-refractivity contribution in [2.24, 2.45) is 0 Å². The number of anilines is 1. The predicted molar refractivity (Wildman–Crippen MR) is 107 cm³/mol. The summed E-state index contributed by atoms with van der Waals surface area (Å²) in [4.78, 5) is 24.3. The summed E-state index contributed by atoms with van der Waals surface area (Å²) in [6, 6.07) is 12.1. The topological polar surface area (TPSA) is 108 Å². The molecule has 0 spiro atoms. The van der Waals surface area contributed by atoms with Crippen LogP contribution in [0.2, 0.25) is 0 Å². The Morgan fingerprint density at radius 2 is 1.97 bits per heavy atom. The van der Waals surface area contributed by atoms with E-state index in [4.69, 9.17) is 4.74 Å². The van der Waals surface area contributed by atoms with Crippen LogP contribution in [0, 0.1) is 21.4 Å². The standard InChI is InChI=1S/C21H22N4O4/c1-21(2,3)29-20(26)24-12-15-5-4-14(8-17(15)13-24)11-23-19-7-6-18(25(27)28)9-16(19)10-22/h4-9,23H,11-13H2,1-3H3. The van der Waals surface area contributed by atoms with E-state index in [1.165, 1.54) is 18.2 Å². The maximum Gasteiger partial charge on any atom is 0.410 e. The van der Waals surface area contributed by atoms with Crippen molar-refractivity contribution >= 4 is 17.5 Å². The number of nitro groups is 1.